The SMILES string of the molecule is CCN1CCCCc2ccc(C(=O)CCC3CCNCC3)cc21. The molecule has 2 aliphatic heterocycles. The average Bonchev–Trinajstić information content (AvgIpc) is 2.81. The Morgan fingerprint density at radius 2 is 2.09 bits per heavy atom. The maximum atomic E-state index is 12.6. The van der Waals surface area contributed by atoms with E-state index >= 15 is 0 Å². The maximum absolute atomic E-state index is 12.6. The van der Waals surface area contributed by atoms with Crippen molar-refractivity contribution in [3.63, 3.8) is 0 Å². The summed E-state index contributed by atoms with van der Waals surface area (Å²) in [5, 5.41) is 3.39. The molecule has 2 aliphatic rings. The number of nitrogens with zero attached hydrogens (tertiary/aromatic N) is 1. The van der Waals surface area contributed by atoms with Crippen molar-refractivity contribution in [2.45, 2.75) is 51.9 Å². The summed E-state index contributed by atoms with van der Waals surface area (Å²) in [7, 11) is 0. The summed E-state index contributed by atoms with van der Waals surface area (Å²) in [6.45, 7) is 6.59. The normalized spacial score (nSPS) is 19.3. The molecular weight excluding hydrogens is 284 g/mol. The van der Waals surface area contributed by atoms with E-state index in [1.165, 1.54) is 36.9 Å². The summed E-state index contributed by atoms with van der Waals surface area (Å²) in [6.07, 6.45) is 7.86. The first-order chi connectivity index (χ1) is 11.3. The average molecular weight is 314 g/mol. The molecule has 0 aliphatic carbocycles. The van der Waals surface area contributed by atoms with E-state index in [-0.39, 0.29) is 0 Å². The number of aryl methyl sites for hydroxylation is 1. The first-order valence-electron chi connectivity index (χ1n) is 9.39. The molecule has 3 heteroatoms. The molecule has 0 saturated carbocycles. The van der Waals surface area contributed by atoms with Gasteiger partial charge in [0, 0.05) is 30.8 Å². The Morgan fingerprint density at radius 3 is 2.87 bits per heavy atom. The maximum Gasteiger partial charge on any atom is 0.162 e. The number of carbonyl (C=O) groups is 1. The molecule has 23 heavy (non-hydrogen) atoms. The Kier molecular flexibility index (Phi) is 5.71. The van der Waals surface area contributed by atoms with Gasteiger partial charge in [-0.15, -0.1) is 0 Å². The van der Waals surface area contributed by atoms with Crippen LogP contribution in [-0.4, -0.2) is 32.0 Å². The van der Waals surface area contributed by atoms with Crippen LogP contribution in [0.3, 0.4) is 0 Å². The largest absolute Gasteiger partial charge is 0.372 e. The predicted molar refractivity (Wildman–Crippen MR) is 96.4 cm³/mol. The monoisotopic (exact) mass is 314 g/mol. The van der Waals surface area contributed by atoms with Crippen LogP contribution in [0.1, 0.15) is 61.4 Å². The highest BCUT2D eigenvalue weighted by molar-refractivity contribution is 5.97. The molecule has 1 aromatic rings. The Morgan fingerprint density at radius 1 is 1.26 bits per heavy atom. The third-order valence-electron chi connectivity index (χ3n) is 5.49. The van der Waals surface area contributed by atoms with Gasteiger partial charge in [-0.3, -0.25) is 4.79 Å². The molecule has 1 aromatic carbocycles. The lowest BCUT2D eigenvalue weighted by Crippen LogP contribution is -2.28. The lowest BCUT2D eigenvalue weighted by atomic mass is 9.91. The van der Waals surface area contributed by atoms with Gasteiger partial charge in [0.25, 0.3) is 0 Å². The molecule has 0 spiro atoms. The van der Waals surface area contributed by atoms with Crippen LogP contribution in [0.4, 0.5) is 5.69 Å². The first kappa shape index (κ1) is 16.5. The number of nitrogens with one attached hydrogen (secondary N) is 1. The number of piperidine rings is 1. The third-order valence-corrected chi connectivity index (χ3v) is 5.49. The lowest BCUT2D eigenvalue weighted by molar-refractivity contribution is 0.0971. The zero-order valence-corrected chi connectivity index (χ0v) is 14.4. The Balaban J connectivity index is 1.67. The second kappa shape index (κ2) is 7.96. The molecule has 0 atom stereocenters. The molecular formula is C20H30N2O. The number of anilines is 1. The standard InChI is InChI=1S/C20H30N2O/c1-2-22-14-4-3-5-17-7-8-18(15-19(17)22)20(23)9-6-16-10-12-21-13-11-16/h7-8,15-16,21H,2-6,9-14H2,1H3. The van der Waals surface area contributed by atoms with Crippen molar-refractivity contribution < 1.29 is 4.79 Å². The number of benzene rings is 1. The molecule has 0 radical (unpaired) electrons. The predicted octanol–water partition coefficient (Wildman–Crippen LogP) is 3.81. The zero-order valence-electron chi connectivity index (χ0n) is 14.4. The Hall–Kier alpha value is -1.35. The number of hydrogen-bond donors (Lipinski definition) is 1. The van der Waals surface area contributed by atoms with E-state index in [1.807, 2.05) is 0 Å². The molecule has 0 bridgehead atoms. The molecule has 0 aromatic heterocycles. The number of fused-ring (bicyclic) bond motifs is 1. The molecule has 1 saturated heterocycles. The van der Waals surface area contributed by atoms with E-state index in [1.54, 1.807) is 0 Å². The van der Waals surface area contributed by atoms with Gasteiger partial charge in [-0.25, -0.2) is 0 Å². The highest BCUT2D eigenvalue weighted by atomic mass is 16.1. The van der Waals surface area contributed by atoms with Crippen LogP contribution >= 0.6 is 0 Å². The summed E-state index contributed by atoms with van der Waals surface area (Å²) in [5.41, 5.74) is 3.63. The van der Waals surface area contributed by atoms with Gasteiger partial charge in [0.1, 0.15) is 0 Å². The molecule has 3 rings (SSSR count). The summed E-state index contributed by atoms with van der Waals surface area (Å²) in [6, 6.07) is 6.42. The summed E-state index contributed by atoms with van der Waals surface area (Å²) in [4.78, 5) is 15.1. The van der Waals surface area contributed by atoms with Gasteiger partial charge in [-0.05, 0) is 76.1 Å². The van der Waals surface area contributed by atoms with Crippen molar-refractivity contribution in [2.24, 2.45) is 5.92 Å². The topological polar surface area (TPSA) is 32.3 Å². The molecule has 0 unspecified atom stereocenters. The second-order valence-electron chi connectivity index (χ2n) is 7.04. The fourth-order valence-electron chi connectivity index (χ4n) is 3.96. The van der Waals surface area contributed by atoms with Gasteiger partial charge in [0.2, 0.25) is 0 Å². The third kappa shape index (κ3) is 4.14. The lowest BCUT2D eigenvalue weighted by Gasteiger charge is -2.24. The minimum Gasteiger partial charge on any atom is -0.372 e. The van der Waals surface area contributed by atoms with Gasteiger partial charge in [0.15, 0.2) is 5.78 Å². The number of rotatable bonds is 5. The van der Waals surface area contributed by atoms with Crippen molar-refractivity contribution in [1.29, 1.82) is 0 Å². The Labute approximate surface area is 140 Å². The number of carbonyl (C=O) groups excluding carboxylic acids is 1. The van der Waals surface area contributed by atoms with Gasteiger partial charge < -0.3 is 10.2 Å². The summed E-state index contributed by atoms with van der Waals surface area (Å²) < 4.78 is 0. The van der Waals surface area contributed by atoms with E-state index in [2.05, 4.69) is 35.3 Å². The number of hydrogen-bond acceptors (Lipinski definition) is 3. The fourth-order valence-corrected chi connectivity index (χ4v) is 3.96. The number of Topliss-reactive ketones (excluding diaryl/α,β-unsaturated/α-hetero) is 1. The van der Waals surface area contributed by atoms with Crippen LogP contribution < -0.4 is 10.2 Å². The molecule has 1 fully saturated rings. The molecule has 3 nitrogen and oxygen atoms in total. The molecule has 2 heterocycles. The van der Waals surface area contributed by atoms with Crippen molar-refractivity contribution in [3.05, 3.63) is 29.3 Å². The van der Waals surface area contributed by atoms with Crippen LogP contribution in [0.2, 0.25) is 0 Å². The Bertz CT molecular complexity index is 534. The molecule has 1 N–H and O–H groups in total. The van der Waals surface area contributed by atoms with E-state index < -0.39 is 0 Å². The minimum atomic E-state index is 0.326. The van der Waals surface area contributed by atoms with Crippen molar-refractivity contribution in [2.75, 3.05) is 31.1 Å². The van der Waals surface area contributed by atoms with Crippen LogP contribution in [0, 0.1) is 5.92 Å². The quantitative estimate of drug-likeness (QED) is 0.839. The first-order valence-corrected chi connectivity index (χ1v) is 9.39. The van der Waals surface area contributed by atoms with Crippen LogP contribution in [-0.2, 0) is 6.42 Å². The van der Waals surface area contributed by atoms with Crippen LogP contribution in [0.15, 0.2) is 18.2 Å². The minimum absolute atomic E-state index is 0.326. The van der Waals surface area contributed by atoms with Gasteiger partial charge in [-0.2, -0.15) is 0 Å². The molecule has 126 valence electrons. The van der Waals surface area contributed by atoms with Crippen molar-refractivity contribution in [1.82, 2.24) is 5.32 Å². The van der Waals surface area contributed by atoms with Gasteiger partial charge in [0.05, 0.1) is 0 Å². The second-order valence-corrected chi connectivity index (χ2v) is 7.04. The highest BCUT2D eigenvalue weighted by Gasteiger charge is 2.18. The smallest absolute Gasteiger partial charge is 0.162 e. The summed E-state index contributed by atoms with van der Waals surface area (Å²) >= 11 is 0. The van der Waals surface area contributed by atoms with Gasteiger partial charge >= 0.3 is 0 Å². The van der Waals surface area contributed by atoms with Crippen molar-refractivity contribution >= 4 is 11.5 Å². The number of ketones is 1. The van der Waals surface area contributed by atoms with E-state index in [4.69, 9.17) is 0 Å². The highest BCUT2D eigenvalue weighted by Crippen LogP contribution is 2.28. The zero-order chi connectivity index (χ0) is 16.1. The van der Waals surface area contributed by atoms with E-state index in [9.17, 15) is 4.79 Å². The van der Waals surface area contributed by atoms with Crippen LogP contribution in [0.25, 0.3) is 0 Å². The fraction of sp³-hybridized carbons (Fsp3) is 0.650. The van der Waals surface area contributed by atoms with Crippen LogP contribution in [0.5, 0.6) is 0 Å². The molecule has 0 amide bonds. The summed E-state index contributed by atoms with van der Waals surface area (Å²) in [5.74, 6) is 1.06. The van der Waals surface area contributed by atoms with Gasteiger partial charge in [-0.1, -0.05) is 12.1 Å². The van der Waals surface area contributed by atoms with Crippen molar-refractivity contribution in [3.8, 4) is 0 Å². The van der Waals surface area contributed by atoms with E-state index in [0.717, 1.165) is 50.5 Å². The van der Waals surface area contributed by atoms with E-state index in [0.29, 0.717) is 12.2 Å².